The lowest BCUT2D eigenvalue weighted by Gasteiger charge is -1.90. The number of thiophene rings is 1. The van der Waals surface area contributed by atoms with Crippen molar-refractivity contribution in [3.63, 3.8) is 0 Å². The normalized spacial score (nSPS) is 11.3. The van der Waals surface area contributed by atoms with Crippen molar-refractivity contribution in [2.24, 2.45) is 0 Å². The summed E-state index contributed by atoms with van der Waals surface area (Å²) in [5.74, 6) is 0.244. The van der Waals surface area contributed by atoms with Crippen molar-refractivity contribution < 1.29 is 8.78 Å². The second kappa shape index (κ2) is 2.88. The van der Waals surface area contributed by atoms with Crippen LogP contribution < -0.4 is 5.73 Å². The van der Waals surface area contributed by atoms with Crippen molar-refractivity contribution in [2.75, 3.05) is 5.73 Å². The zero-order chi connectivity index (χ0) is 9.42. The van der Waals surface area contributed by atoms with E-state index in [0.717, 1.165) is 11.3 Å². The second-order valence-electron chi connectivity index (χ2n) is 2.43. The molecule has 0 amide bonds. The molecule has 0 bridgehead atoms. The average Bonchev–Trinajstić information content (AvgIpc) is 2.49. The Morgan fingerprint density at radius 2 is 2.15 bits per heavy atom. The standard InChI is InChI=1S/C7H5F2N3S/c8-5(9)4-1-3-6(10)11-2-12-7(3)13-4/h1-2,5H,(H2,10,11,12). The van der Waals surface area contributed by atoms with Crippen molar-refractivity contribution >= 4 is 27.4 Å². The zero-order valence-electron chi connectivity index (χ0n) is 6.37. The minimum Gasteiger partial charge on any atom is -0.383 e. The lowest BCUT2D eigenvalue weighted by atomic mass is 10.3. The molecule has 2 heterocycles. The summed E-state index contributed by atoms with van der Waals surface area (Å²) in [7, 11) is 0. The number of aromatic nitrogens is 2. The predicted octanol–water partition coefficient (Wildman–Crippen LogP) is 2.21. The largest absolute Gasteiger partial charge is 0.383 e. The van der Waals surface area contributed by atoms with E-state index in [9.17, 15) is 8.78 Å². The smallest absolute Gasteiger partial charge is 0.272 e. The van der Waals surface area contributed by atoms with Gasteiger partial charge in [0.05, 0.1) is 10.3 Å². The van der Waals surface area contributed by atoms with Crippen LogP contribution in [0.25, 0.3) is 10.2 Å². The van der Waals surface area contributed by atoms with Crippen molar-refractivity contribution in [2.45, 2.75) is 6.43 Å². The molecule has 3 nitrogen and oxygen atoms in total. The minimum atomic E-state index is -2.47. The van der Waals surface area contributed by atoms with Gasteiger partial charge >= 0.3 is 0 Å². The van der Waals surface area contributed by atoms with Gasteiger partial charge in [0.1, 0.15) is 17.0 Å². The summed E-state index contributed by atoms with van der Waals surface area (Å²) in [5, 5.41) is 0.503. The molecule has 2 aromatic rings. The molecule has 68 valence electrons. The molecule has 0 aliphatic heterocycles. The highest BCUT2D eigenvalue weighted by Gasteiger charge is 2.13. The monoisotopic (exact) mass is 201 g/mol. The summed E-state index contributed by atoms with van der Waals surface area (Å²) in [6, 6.07) is 1.33. The Kier molecular flexibility index (Phi) is 1.84. The van der Waals surface area contributed by atoms with Crippen LogP contribution in [0, 0.1) is 0 Å². The molecule has 6 heteroatoms. The highest BCUT2D eigenvalue weighted by molar-refractivity contribution is 7.18. The van der Waals surface area contributed by atoms with Crippen molar-refractivity contribution in [3.05, 3.63) is 17.3 Å². The summed E-state index contributed by atoms with van der Waals surface area (Å²) in [5.41, 5.74) is 5.48. The van der Waals surface area contributed by atoms with Crippen LogP contribution in [0.3, 0.4) is 0 Å². The van der Waals surface area contributed by atoms with E-state index in [-0.39, 0.29) is 10.7 Å². The third kappa shape index (κ3) is 1.33. The van der Waals surface area contributed by atoms with Crippen LogP contribution in [0.5, 0.6) is 0 Å². The molecule has 0 radical (unpaired) electrons. The Balaban J connectivity index is 2.68. The molecule has 13 heavy (non-hydrogen) atoms. The Morgan fingerprint density at radius 3 is 2.77 bits per heavy atom. The van der Waals surface area contributed by atoms with Gasteiger partial charge in [-0.3, -0.25) is 0 Å². The second-order valence-corrected chi connectivity index (χ2v) is 3.49. The molecular formula is C7H5F2N3S. The van der Waals surface area contributed by atoms with Crippen LogP contribution in [-0.2, 0) is 0 Å². The van der Waals surface area contributed by atoms with Gasteiger partial charge in [-0.25, -0.2) is 18.7 Å². The SMILES string of the molecule is Nc1ncnc2sc(C(F)F)cc12. The number of alkyl halides is 2. The van der Waals surface area contributed by atoms with Gasteiger partial charge in [-0.15, -0.1) is 11.3 Å². The van der Waals surface area contributed by atoms with Crippen molar-refractivity contribution in [1.29, 1.82) is 0 Å². The molecule has 0 saturated heterocycles. The summed E-state index contributed by atoms with van der Waals surface area (Å²) in [6.45, 7) is 0. The number of nitrogens with zero attached hydrogens (tertiary/aromatic N) is 2. The van der Waals surface area contributed by atoms with Gasteiger partial charge in [0, 0.05) is 0 Å². The van der Waals surface area contributed by atoms with Gasteiger partial charge in [-0.05, 0) is 6.07 Å². The molecule has 0 fully saturated rings. The maximum absolute atomic E-state index is 12.3. The van der Waals surface area contributed by atoms with Gasteiger partial charge in [-0.2, -0.15) is 0 Å². The summed E-state index contributed by atoms with van der Waals surface area (Å²) in [4.78, 5) is 8.02. The molecule has 0 spiro atoms. The van der Waals surface area contributed by atoms with E-state index in [4.69, 9.17) is 5.73 Å². The quantitative estimate of drug-likeness (QED) is 0.769. The fourth-order valence-corrected chi connectivity index (χ4v) is 1.86. The van der Waals surface area contributed by atoms with Crippen molar-refractivity contribution in [3.8, 4) is 0 Å². The number of fused-ring (bicyclic) bond motifs is 1. The Labute approximate surface area is 76.2 Å². The molecule has 0 unspecified atom stereocenters. The van der Waals surface area contributed by atoms with Crippen LogP contribution >= 0.6 is 11.3 Å². The van der Waals surface area contributed by atoms with Gasteiger partial charge in [0.25, 0.3) is 6.43 Å². The predicted molar refractivity (Wildman–Crippen MR) is 46.8 cm³/mol. The van der Waals surface area contributed by atoms with E-state index >= 15 is 0 Å². The van der Waals surface area contributed by atoms with E-state index in [2.05, 4.69) is 9.97 Å². The van der Waals surface area contributed by atoms with E-state index in [0.29, 0.717) is 10.2 Å². The van der Waals surface area contributed by atoms with E-state index in [1.165, 1.54) is 12.4 Å². The number of hydrogen-bond acceptors (Lipinski definition) is 4. The topological polar surface area (TPSA) is 51.8 Å². The molecule has 0 atom stereocenters. The third-order valence-corrected chi connectivity index (χ3v) is 2.64. The maximum Gasteiger partial charge on any atom is 0.272 e. The first-order valence-electron chi connectivity index (χ1n) is 3.46. The molecule has 2 aromatic heterocycles. The molecule has 0 aromatic carbocycles. The number of hydrogen-bond donors (Lipinski definition) is 1. The first-order valence-corrected chi connectivity index (χ1v) is 4.28. The van der Waals surface area contributed by atoms with E-state index < -0.39 is 6.43 Å². The lowest BCUT2D eigenvalue weighted by Crippen LogP contribution is -1.89. The van der Waals surface area contributed by atoms with Gasteiger partial charge < -0.3 is 5.73 Å². The number of anilines is 1. The third-order valence-electron chi connectivity index (χ3n) is 1.59. The fraction of sp³-hybridized carbons (Fsp3) is 0.143. The van der Waals surface area contributed by atoms with Crippen LogP contribution in [0.2, 0.25) is 0 Å². The van der Waals surface area contributed by atoms with Crippen LogP contribution in [0.1, 0.15) is 11.3 Å². The number of nitrogens with two attached hydrogens (primary N) is 1. The van der Waals surface area contributed by atoms with Gasteiger partial charge in [0.2, 0.25) is 0 Å². The Bertz CT molecular complexity index is 440. The Morgan fingerprint density at radius 1 is 1.38 bits per heavy atom. The molecule has 2 rings (SSSR count). The number of halogens is 2. The van der Waals surface area contributed by atoms with E-state index in [1.54, 1.807) is 0 Å². The molecule has 0 aliphatic rings. The highest BCUT2D eigenvalue weighted by atomic mass is 32.1. The molecular weight excluding hydrogens is 196 g/mol. The number of nitrogen functional groups attached to an aromatic ring is 1. The summed E-state index contributed by atoms with van der Waals surface area (Å²) >= 11 is 0.938. The summed E-state index contributed by atoms with van der Waals surface area (Å²) in [6.07, 6.45) is -1.21. The Hall–Kier alpha value is -1.30. The zero-order valence-corrected chi connectivity index (χ0v) is 7.18. The summed E-state index contributed by atoms with van der Waals surface area (Å²) < 4.78 is 24.5. The number of rotatable bonds is 1. The highest BCUT2D eigenvalue weighted by Crippen LogP contribution is 2.32. The van der Waals surface area contributed by atoms with Gasteiger partial charge in [0.15, 0.2) is 0 Å². The van der Waals surface area contributed by atoms with E-state index in [1.807, 2.05) is 0 Å². The van der Waals surface area contributed by atoms with Crippen molar-refractivity contribution in [1.82, 2.24) is 9.97 Å². The lowest BCUT2D eigenvalue weighted by molar-refractivity contribution is 0.156. The fourth-order valence-electron chi connectivity index (χ4n) is 1.00. The first kappa shape index (κ1) is 8.31. The first-order chi connectivity index (χ1) is 6.18. The average molecular weight is 201 g/mol. The molecule has 2 N–H and O–H groups in total. The van der Waals surface area contributed by atoms with Crippen LogP contribution in [-0.4, -0.2) is 9.97 Å². The maximum atomic E-state index is 12.3. The molecule has 0 saturated carbocycles. The molecule has 0 aliphatic carbocycles. The van der Waals surface area contributed by atoms with Crippen LogP contribution in [0.4, 0.5) is 14.6 Å². The van der Waals surface area contributed by atoms with Crippen LogP contribution in [0.15, 0.2) is 12.4 Å². The van der Waals surface area contributed by atoms with Gasteiger partial charge in [-0.1, -0.05) is 0 Å². The minimum absolute atomic E-state index is 0.0257.